The van der Waals surface area contributed by atoms with Gasteiger partial charge in [0.25, 0.3) is 0 Å². The second-order valence-electron chi connectivity index (χ2n) is 3.14. The summed E-state index contributed by atoms with van der Waals surface area (Å²) in [5, 5.41) is 1.52. The van der Waals surface area contributed by atoms with E-state index < -0.39 is 0 Å². The quantitative estimate of drug-likeness (QED) is 0.669. The minimum Gasteiger partial charge on any atom is -0.257 e. The van der Waals surface area contributed by atoms with Crippen LogP contribution in [0.3, 0.4) is 0 Å². The van der Waals surface area contributed by atoms with Crippen molar-refractivity contribution < 1.29 is 0 Å². The van der Waals surface area contributed by atoms with Crippen molar-refractivity contribution in [2.45, 2.75) is 13.3 Å². The van der Waals surface area contributed by atoms with Gasteiger partial charge in [-0.05, 0) is 43.3 Å². The summed E-state index contributed by atoms with van der Waals surface area (Å²) in [5.74, 6) is 0. The summed E-state index contributed by atoms with van der Waals surface area (Å²) in [6.45, 7) is 6.78. The van der Waals surface area contributed by atoms with Crippen molar-refractivity contribution in [1.82, 2.24) is 4.98 Å². The molecule has 0 aliphatic carbocycles. The fraction of sp³-hybridized carbons (Fsp3) is 0.364. The van der Waals surface area contributed by atoms with Gasteiger partial charge in [-0.2, -0.15) is 0 Å². The molecular weight excluding hydrogens is 177 g/mol. The van der Waals surface area contributed by atoms with Crippen LogP contribution >= 0.6 is 7.92 Å². The lowest BCUT2D eigenvalue weighted by molar-refractivity contribution is 1.19. The molecule has 0 aliphatic heterocycles. The minimum atomic E-state index is 0.0334. The van der Waals surface area contributed by atoms with Crippen molar-refractivity contribution in [3.05, 3.63) is 35.4 Å². The van der Waals surface area contributed by atoms with Gasteiger partial charge in [-0.1, -0.05) is 20.9 Å². The van der Waals surface area contributed by atoms with Gasteiger partial charge in [0.2, 0.25) is 0 Å². The second-order valence-corrected chi connectivity index (χ2v) is 5.50. The molecule has 0 bridgehead atoms. The van der Waals surface area contributed by atoms with Crippen LogP contribution < -0.4 is 0 Å². The summed E-state index contributed by atoms with van der Waals surface area (Å²) in [5.41, 5.74) is 1.08. The lowest BCUT2D eigenvalue weighted by Crippen LogP contribution is -1.81. The first-order valence-corrected chi connectivity index (χ1v) is 6.76. The van der Waals surface area contributed by atoms with Crippen molar-refractivity contribution >= 4 is 14.0 Å². The van der Waals surface area contributed by atoms with Gasteiger partial charge in [0.15, 0.2) is 0 Å². The number of nitrogens with zero attached hydrogens (tertiary/aromatic N) is 1. The van der Waals surface area contributed by atoms with Crippen LogP contribution in [0.2, 0.25) is 0 Å². The highest BCUT2D eigenvalue weighted by Gasteiger charge is 1.99. The van der Waals surface area contributed by atoms with Crippen molar-refractivity contribution in [3.8, 4) is 0 Å². The van der Waals surface area contributed by atoms with E-state index in [2.05, 4.69) is 37.4 Å². The highest BCUT2D eigenvalue weighted by atomic mass is 31.1. The van der Waals surface area contributed by atoms with Gasteiger partial charge >= 0.3 is 0 Å². The molecule has 1 heterocycles. The zero-order chi connectivity index (χ0) is 9.68. The third-order valence-corrected chi connectivity index (χ3v) is 3.53. The Bertz CT molecular complexity index is 277. The van der Waals surface area contributed by atoms with Gasteiger partial charge in [-0.3, -0.25) is 4.98 Å². The van der Waals surface area contributed by atoms with Crippen LogP contribution in [0.1, 0.15) is 19.0 Å². The molecule has 70 valence electrons. The number of aromatic nitrogens is 1. The average Bonchev–Trinajstić information content (AvgIpc) is 2.15. The molecule has 0 aromatic carbocycles. The van der Waals surface area contributed by atoms with E-state index >= 15 is 0 Å². The van der Waals surface area contributed by atoms with Gasteiger partial charge in [0.05, 0.1) is 5.69 Å². The summed E-state index contributed by atoms with van der Waals surface area (Å²) in [4.78, 5) is 4.28. The lowest BCUT2D eigenvalue weighted by Gasteiger charge is -2.08. The lowest BCUT2D eigenvalue weighted by atomic mass is 10.3. The molecular formula is C11H16NP. The van der Waals surface area contributed by atoms with E-state index in [1.165, 1.54) is 5.31 Å². The summed E-state index contributed by atoms with van der Waals surface area (Å²) >= 11 is 0. The van der Waals surface area contributed by atoms with Gasteiger partial charge in [-0.25, -0.2) is 0 Å². The molecule has 1 rings (SSSR count). The van der Waals surface area contributed by atoms with Crippen LogP contribution in [0.15, 0.2) is 29.7 Å². The van der Waals surface area contributed by atoms with E-state index in [-0.39, 0.29) is 7.92 Å². The normalized spacial score (nSPS) is 12.2. The van der Waals surface area contributed by atoms with E-state index in [0.29, 0.717) is 0 Å². The number of pyridine rings is 1. The van der Waals surface area contributed by atoms with E-state index in [4.69, 9.17) is 0 Å². The highest BCUT2D eigenvalue weighted by Crippen LogP contribution is 2.39. The molecule has 13 heavy (non-hydrogen) atoms. The zero-order valence-corrected chi connectivity index (χ0v) is 9.38. The highest BCUT2D eigenvalue weighted by molar-refractivity contribution is 7.60. The molecule has 2 heteroatoms. The fourth-order valence-electron chi connectivity index (χ4n) is 1.18. The first-order chi connectivity index (χ1) is 6.24. The first kappa shape index (κ1) is 10.4. The Balaban J connectivity index is 2.85. The summed E-state index contributed by atoms with van der Waals surface area (Å²) in [7, 11) is 0.0334. The molecule has 0 saturated heterocycles. The van der Waals surface area contributed by atoms with Gasteiger partial charge in [0.1, 0.15) is 0 Å². The maximum absolute atomic E-state index is 4.28. The molecule has 0 spiro atoms. The zero-order valence-electron chi connectivity index (χ0n) is 8.49. The van der Waals surface area contributed by atoms with Crippen LogP contribution in [0.25, 0.3) is 6.08 Å². The third kappa shape index (κ3) is 3.28. The third-order valence-electron chi connectivity index (χ3n) is 1.94. The number of allylic oxidation sites excluding steroid dienone is 1. The monoisotopic (exact) mass is 193 g/mol. The molecule has 0 unspecified atom stereocenters. The van der Waals surface area contributed by atoms with E-state index in [9.17, 15) is 0 Å². The predicted octanol–water partition coefficient (Wildman–Crippen LogP) is 3.57. The molecule has 1 aromatic heterocycles. The largest absolute Gasteiger partial charge is 0.257 e. The van der Waals surface area contributed by atoms with E-state index in [1.54, 1.807) is 0 Å². The van der Waals surface area contributed by atoms with Crippen molar-refractivity contribution in [2.24, 2.45) is 0 Å². The average molecular weight is 193 g/mol. The van der Waals surface area contributed by atoms with Gasteiger partial charge < -0.3 is 0 Å². The molecule has 0 atom stereocenters. The van der Waals surface area contributed by atoms with Crippen LogP contribution in [0, 0.1) is 0 Å². The van der Waals surface area contributed by atoms with Crippen LogP contribution in [-0.2, 0) is 0 Å². The Morgan fingerprint density at radius 1 is 1.46 bits per heavy atom. The number of hydrogen-bond donors (Lipinski definition) is 0. The van der Waals surface area contributed by atoms with Crippen LogP contribution in [0.5, 0.6) is 0 Å². The number of hydrogen-bond acceptors (Lipinski definition) is 1. The molecule has 0 radical (unpaired) electrons. The van der Waals surface area contributed by atoms with Crippen molar-refractivity contribution in [3.63, 3.8) is 0 Å². The van der Waals surface area contributed by atoms with E-state index in [1.807, 2.05) is 18.3 Å². The molecule has 0 fully saturated rings. The first-order valence-electron chi connectivity index (χ1n) is 4.53. The Morgan fingerprint density at radius 3 is 2.69 bits per heavy atom. The second kappa shape index (κ2) is 5.14. The fourth-order valence-corrected chi connectivity index (χ4v) is 2.20. The molecule has 0 saturated carbocycles. The van der Waals surface area contributed by atoms with Crippen LogP contribution in [0.4, 0.5) is 0 Å². The molecule has 1 aromatic rings. The van der Waals surface area contributed by atoms with Crippen LogP contribution in [-0.4, -0.2) is 18.3 Å². The number of rotatable bonds is 3. The summed E-state index contributed by atoms with van der Waals surface area (Å²) in [6, 6.07) is 6.03. The summed E-state index contributed by atoms with van der Waals surface area (Å²) < 4.78 is 0. The Kier molecular flexibility index (Phi) is 4.11. The molecule has 1 nitrogen and oxygen atoms in total. The van der Waals surface area contributed by atoms with Gasteiger partial charge in [0, 0.05) is 6.20 Å². The minimum absolute atomic E-state index is 0.0334. The maximum atomic E-state index is 4.28. The Hall–Kier alpha value is -0.680. The molecule has 0 amide bonds. The molecule has 0 N–H and O–H groups in total. The SMILES string of the molecule is CCC(=Cc1ccccn1)P(C)C. The maximum Gasteiger partial charge on any atom is 0.0632 e. The standard InChI is InChI=1S/C11H16NP/c1-4-11(13(2)3)9-10-7-5-6-8-12-10/h5-9H,4H2,1-3H3. The Labute approximate surface area is 81.7 Å². The molecule has 0 aliphatic rings. The topological polar surface area (TPSA) is 12.9 Å². The smallest absolute Gasteiger partial charge is 0.0632 e. The van der Waals surface area contributed by atoms with Crippen molar-refractivity contribution in [1.29, 1.82) is 0 Å². The van der Waals surface area contributed by atoms with Crippen molar-refractivity contribution in [2.75, 3.05) is 13.3 Å². The van der Waals surface area contributed by atoms with Gasteiger partial charge in [-0.15, -0.1) is 0 Å². The summed E-state index contributed by atoms with van der Waals surface area (Å²) in [6.07, 6.45) is 5.19. The van der Waals surface area contributed by atoms with E-state index in [0.717, 1.165) is 12.1 Å². The predicted molar refractivity (Wildman–Crippen MR) is 61.3 cm³/mol. The Morgan fingerprint density at radius 2 is 2.23 bits per heavy atom.